The Morgan fingerprint density at radius 3 is 3.00 bits per heavy atom. The van der Waals surface area contributed by atoms with Crippen molar-refractivity contribution < 1.29 is 4.79 Å². The molecule has 6 heteroatoms. The zero-order chi connectivity index (χ0) is 14.1. The molecule has 0 radical (unpaired) electrons. The van der Waals surface area contributed by atoms with Gasteiger partial charge in [-0.2, -0.15) is 0 Å². The van der Waals surface area contributed by atoms with Crippen LogP contribution in [-0.2, 0) is 6.54 Å². The van der Waals surface area contributed by atoms with Crippen LogP contribution in [0.3, 0.4) is 0 Å². The van der Waals surface area contributed by atoms with Crippen molar-refractivity contribution in [1.82, 2.24) is 10.3 Å². The Bertz CT molecular complexity index is 687. The molecule has 0 atom stereocenters. The number of hydrogen-bond donors (Lipinski definition) is 3. The number of pyridine rings is 1. The number of halogens is 1. The molecule has 102 valence electrons. The van der Waals surface area contributed by atoms with Crippen molar-refractivity contribution >= 4 is 39.2 Å². The van der Waals surface area contributed by atoms with Crippen molar-refractivity contribution in [3.8, 4) is 0 Å². The van der Waals surface area contributed by atoms with Crippen molar-refractivity contribution in [2.75, 3.05) is 10.6 Å². The van der Waals surface area contributed by atoms with Crippen LogP contribution in [0.2, 0.25) is 0 Å². The molecular weight excluding hydrogens is 320 g/mol. The van der Waals surface area contributed by atoms with Crippen LogP contribution < -0.4 is 16.0 Å². The molecule has 2 heterocycles. The summed E-state index contributed by atoms with van der Waals surface area (Å²) >= 11 is 3.52. The second-order valence-electron chi connectivity index (χ2n) is 4.58. The quantitative estimate of drug-likeness (QED) is 0.788. The first-order chi connectivity index (χ1) is 9.63. The number of hydrogen-bond acceptors (Lipinski definition) is 3. The normalized spacial score (nSPS) is 13.2. The summed E-state index contributed by atoms with van der Waals surface area (Å²) in [4.78, 5) is 15.5. The molecule has 2 amide bonds. The summed E-state index contributed by atoms with van der Waals surface area (Å²) in [6.07, 6.45) is 1.68. The first-order valence-corrected chi connectivity index (χ1v) is 6.99. The molecule has 0 fully saturated rings. The molecule has 3 rings (SSSR count). The van der Waals surface area contributed by atoms with Crippen LogP contribution in [0.25, 0.3) is 0 Å². The molecule has 0 aliphatic carbocycles. The van der Waals surface area contributed by atoms with E-state index in [2.05, 4.69) is 36.9 Å². The third-order valence-electron chi connectivity index (χ3n) is 3.16. The van der Waals surface area contributed by atoms with Crippen LogP contribution in [0.4, 0.5) is 22.0 Å². The number of amides is 2. The average molecular weight is 333 g/mol. The number of carbonyl (C=O) groups is 1. The maximum Gasteiger partial charge on any atom is 0.320 e. The summed E-state index contributed by atoms with van der Waals surface area (Å²) < 4.78 is 1.05. The number of nitrogens with one attached hydrogen (secondary N) is 3. The second kappa shape index (κ2) is 5.13. The SMILES string of the molecule is Cc1ccc(Nc2ccnc3c2CNC(=O)N3)cc1Br. The van der Waals surface area contributed by atoms with Gasteiger partial charge < -0.3 is 10.6 Å². The van der Waals surface area contributed by atoms with Gasteiger partial charge in [0.15, 0.2) is 0 Å². The van der Waals surface area contributed by atoms with Crippen LogP contribution in [0, 0.1) is 6.92 Å². The maximum atomic E-state index is 11.3. The third kappa shape index (κ3) is 2.46. The van der Waals surface area contributed by atoms with Gasteiger partial charge in [-0.3, -0.25) is 5.32 Å². The van der Waals surface area contributed by atoms with E-state index >= 15 is 0 Å². The van der Waals surface area contributed by atoms with Gasteiger partial charge in [-0.05, 0) is 30.7 Å². The van der Waals surface area contributed by atoms with E-state index in [1.165, 1.54) is 5.56 Å². The summed E-state index contributed by atoms with van der Waals surface area (Å²) in [5.41, 5.74) is 4.04. The van der Waals surface area contributed by atoms with Gasteiger partial charge in [-0.25, -0.2) is 9.78 Å². The molecule has 3 N–H and O–H groups in total. The lowest BCUT2D eigenvalue weighted by Gasteiger charge is -2.20. The number of fused-ring (bicyclic) bond motifs is 1. The lowest BCUT2D eigenvalue weighted by Crippen LogP contribution is -2.34. The highest BCUT2D eigenvalue weighted by atomic mass is 79.9. The molecule has 1 aromatic heterocycles. The summed E-state index contributed by atoms with van der Waals surface area (Å²) in [6, 6.07) is 7.75. The van der Waals surface area contributed by atoms with Crippen LogP contribution in [-0.4, -0.2) is 11.0 Å². The summed E-state index contributed by atoms with van der Waals surface area (Å²) in [5, 5.41) is 8.80. The van der Waals surface area contributed by atoms with E-state index in [1.807, 2.05) is 31.2 Å². The number of benzene rings is 1. The van der Waals surface area contributed by atoms with Gasteiger partial charge in [0.1, 0.15) is 5.82 Å². The van der Waals surface area contributed by atoms with Gasteiger partial charge in [0.05, 0.1) is 6.54 Å². The molecular formula is C14H13BrN4O. The number of anilines is 3. The van der Waals surface area contributed by atoms with Crippen LogP contribution in [0.5, 0.6) is 0 Å². The standard InChI is InChI=1S/C14H13BrN4O/c1-8-2-3-9(6-11(8)15)18-12-4-5-16-13-10(12)7-17-14(20)19-13/h2-6H,7H2,1H3,(H3,16,17,18,19,20). The summed E-state index contributed by atoms with van der Waals surface area (Å²) in [6.45, 7) is 2.51. The lowest BCUT2D eigenvalue weighted by atomic mass is 10.1. The largest absolute Gasteiger partial charge is 0.355 e. The van der Waals surface area contributed by atoms with E-state index in [0.29, 0.717) is 12.4 Å². The maximum absolute atomic E-state index is 11.3. The third-order valence-corrected chi connectivity index (χ3v) is 4.02. The Morgan fingerprint density at radius 2 is 2.20 bits per heavy atom. The zero-order valence-electron chi connectivity index (χ0n) is 10.8. The van der Waals surface area contributed by atoms with Crippen molar-refractivity contribution in [2.45, 2.75) is 13.5 Å². The zero-order valence-corrected chi connectivity index (χ0v) is 12.4. The first kappa shape index (κ1) is 12.9. The lowest BCUT2D eigenvalue weighted by molar-refractivity contribution is 0.250. The Morgan fingerprint density at radius 1 is 1.35 bits per heavy atom. The number of aromatic nitrogens is 1. The van der Waals surface area contributed by atoms with E-state index in [-0.39, 0.29) is 6.03 Å². The van der Waals surface area contributed by atoms with Gasteiger partial charge in [0, 0.05) is 27.6 Å². The van der Waals surface area contributed by atoms with Crippen LogP contribution in [0.1, 0.15) is 11.1 Å². The molecule has 0 bridgehead atoms. The number of urea groups is 1. The Kier molecular flexibility index (Phi) is 3.31. The average Bonchev–Trinajstić information content (AvgIpc) is 2.43. The van der Waals surface area contributed by atoms with Gasteiger partial charge >= 0.3 is 6.03 Å². The Hall–Kier alpha value is -2.08. The number of carbonyl (C=O) groups excluding carboxylic acids is 1. The molecule has 0 spiro atoms. The Balaban J connectivity index is 1.93. The highest BCUT2D eigenvalue weighted by Gasteiger charge is 2.18. The van der Waals surface area contributed by atoms with Gasteiger partial charge in [0.2, 0.25) is 0 Å². The van der Waals surface area contributed by atoms with Crippen molar-refractivity contribution in [3.63, 3.8) is 0 Å². The second-order valence-corrected chi connectivity index (χ2v) is 5.44. The predicted octanol–water partition coefficient (Wildman–Crippen LogP) is 3.53. The fraction of sp³-hybridized carbons (Fsp3) is 0.143. The van der Waals surface area contributed by atoms with E-state index < -0.39 is 0 Å². The number of nitrogens with zero attached hydrogens (tertiary/aromatic N) is 1. The highest BCUT2D eigenvalue weighted by Crippen LogP contribution is 2.29. The molecule has 5 nitrogen and oxygen atoms in total. The van der Waals surface area contributed by atoms with Gasteiger partial charge in [-0.15, -0.1) is 0 Å². The van der Waals surface area contributed by atoms with Crippen molar-refractivity contribution in [2.24, 2.45) is 0 Å². The smallest absolute Gasteiger partial charge is 0.320 e. The molecule has 1 aliphatic heterocycles. The van der Waals surface area contributed by atoms with E-state index in [4.69, 9.17) is 0 Å². The van der Waals surface area contributed by atoms with Crippen LogP contribution >= 0.6 is 15.9 Å². The minimum Gasteiger partial charge on any atom is -0.355 e. The molecule has 1 aliphatic rings. The number of aryl methyl sites for hydroxylation is 1. The van der Waals surface area contributed by atoms with Gasteiger partial charge in [-0.1, -0.05) is 22.0 Å². The first-order valence-electron chi connectivity index (χ1n) is 6.19. The highest BCUT2D eigenvalue weighted by molar-refractivity contribution is 9.10. The van der Waals surface area contributed by atoms with Crippen molar-refractivity contribution in [1.29, 1.82) is 0 Å². The molecule has 0 unspecified atom stereocenters. The molecule has 0 saturated carbocycles. The fourth-order valence-corrected chi connectivity index (χ4v) is 2.42. The molecule has 20 heavy (non-hydrogen) atoms. The van der Waals surface area contributed by atoms with E-state index in [9.17, 15) is 4.79 Å². The fourth-order valence-electron chi connectivity index (χ4n) is 2.04. The molecule has 2 aromatic rings. The molecule has 1 aromatic carbocycles. The Labute approximate surface area is 124 Å². The van der Waals surface area contributed by atoms with Gasteiger partial charge in [0.25, 0.3) is 0 Å². The van der Waals surface area contributed by atoms with Crippen molar-refractivity contribution in [3.05, 3.63) is 46.1 Å². The monoisotopic (exact) mass is 332 g/mol. The van der Waals surface area contributed by atoms with Crippen LogP contribution in [0.15, 0.2) is 34.9 Å². The van der Waals surface area contributed by atoms with E-state index in [1.54, 1.807) is 6.20 Å². The summed E-state index contributed by atoms with van der Waals surface area (Å²) in [7, 11) is 0. The predicted molar refractivity (Wildman–Crippen MR) is 82.3 cm³/mol. The summed E-state index contributed by atoms with van der Waals surface area (Å²) in [5.74, 6) is 0.602. The minimum absolute atomic E-state index is 0.222. The number of rotatable bonds is 2. The molecule has 0 saturated heterocycles. The van der Waals surface area contributed by atoms with E-state index in [0.717, 1.165) is 21.4 Å². The topological polar surface area (TPSA) is 66.0 Å². The minimum atomic E-state index is -0.222.